The van der Waals surface area contributed by atoms with Gasteiger partial charge in [-0.2, -0.15) is 5.26 Å². The van der Waals surface area contributed by atoms with Crippen LogP contribution in [0, 0.1) is 11.3 Å². The van der Waals surface area contributed by atoms with Crippen molar-refractivity contribution < 1.29 is 14.9 Å². The van der Waals surface area contributed by atoms with Crippen molar-refractivity contribution >= 4 is 11.6 Å². The van der Waals surface area contributed by atoms with E-state index in [9.17, 15) is 10.2 Å². The first kappa shape index (κ1) is 12.8. The second kappa shape index (κ2) is 5.71. The average molecular weight is 242 g/mol. The van der Waals surface area contributed by atoms with Gasteiger partial charge in [0.05, 0.1) is 25.7 Å². The van der Waals surface area contributed by atoms with Crippen LogP contribution in [0.3, 0.4) is 0 Å². The normalized spacial score (nSPS) is 13.9. The molecule has 0 aliphatic heterocycles. The van der Waals surface area contributed by atoms with Crippen LogP contribution in [-0.2, 0) is 0 Å². The van der Waals surface area contributed by atoms with Gasteiger partial charge in [-0.25, -0.2) is 0 Å². The fourth-order valence-corrected chi connectivity index (χ4v) is 1.50. The lowest BCUT2D eigenvalue weighted by Gasteiger charge is -2.18. The highest BCUT2D eigenvalue weighted by Gasteiger charge is 2.21. The van der Waals surface area contributed by atoms with E-state index in [1.807, 2.05) is 0 Å². The molecule has 1 aromatic rings. The summed E-state index contributed by atoms with van der Waals surface area (Å²) in [4.78, 5) is 0. The van der Waals surface area contributed by atoms with Gasteiger partial charge in [0.2, 0.25) is 0 Å². The Kier molecular flexibility index (Phi) is 4.56. The molecule has 0 saturated carbocycles. The SMILES string of the molecule is COc1cc(Cl)ccc1C(O)C(O)CC#N. The van der Waals surface area contributed by atoms with Crippen molar-refractivity contribution in [1.82, 2.24) is 0 Å². The third-order valence-electron chi connectivity index (χ3n) is 2.18. The van der Waals surface area contributed by atoms with Crippen molar-refractivity contribution in [3.8, 4) is 11.8 Å². The molecule has 0 heterocycles. The topological polar surface area (TPSA) is 73.5 Å². The van der Waals surface area contributed by atoms with Crippen LogP contribution in [0.5, 0.6) is 5.75 Å². The maximum Gasteiger partial charge on any atom is 0.126 e. The number of nitriles is 1. The number of benzene rings is 1. The second-order valence-electron chi connectivity index (χ2n) is 3.26. The predicted octanol–water partition coefficient (Wildman–Crippen LogP) is 1.66. The molecule has 2 unspecified atom stereocenters. The first-order chi connectivity index (χ1) is 7.60. The van der Waals surface area contributed by atoms with Crippen molar-refractivity contribution in [1.29, 1.82) is 5.26 Å². The Balaban J connectivity index is 2.99. The lowest BCUT2D eigenvalue weighted by Crippen LogP contribution is -2.18. The molecule has 0 spiro atoms. The van der Waals surface area contributed by atoms with Crippen LogP contribution < -0.4 is 4.74 Å². The number of hydrogen-bond donors (Lipinski definition) is 2. The smallest absolute Gasteiger partial charge is 0.126 e. The summed E-state index contributed by atoms with van der Waals surface area (Å²) in [6.07, 6.45) is -2.45. The van der Waals surface area contributed by atoms with Crippen LogP contribution in [-0.4, -0.2) is 23.4 Å². The first-order valence-electron chi connectivity index (χ1n) is 4.66. The van der Waals surface area contributed by atoms with Gasteiger partial charge < -0.3 is 14.9 Å². The molecule has 86 valence electrons. The number of methoxy groups -OCH3 is 1. The number of rotatable bonds is 4. The summed E-state index contributed by atoms with van der Waals surface area (Å²) < 4.78 is 5.04. The number of nitrogens with zero attached hydrogens (tertiary/aromatic N) is 1. The maximum atomic E-state index is 9.80. The molecule has 0 bridgehead atoms. The molecule has 5 heteroatoms. The summed E-state index contributed by atoms with van der Waals surface area (Å²) in [6, 6.07) is 6.48. The van der Waals surface area contributed by atoms with Crippen molar-refractivity contribution in [3.63, 3.8) is 0 Å². The molecule has 0 fully saturated rings. The minimum Gasteiger partial charge on any atom is -0.496 e. The molecule has 0 aromatic heterocycles. The van der Waals surface area contributed by atoms with E-state index >= 15 is 0 Å². The lowest BCUT2D eigenvalue weighted by molar-refractivity contribution is 0.0202. The molecule has 16 heavy (non-hydrogen) atoms. The highest BCUT2D eigenvalue weighted by Crippen LogP contribution is 2.30. The first-order valence-corrected chi connectivity index (χ1v) is 5.04. The summed E-state index contributed by atoms with van der Waals surface area (Å²) in [5, 5.41) is 28.2. The van der Waals surface area contributed by atoms with Crippen molar-refractivity contribution in [2.24, 2.45) is 0 Å². The van der Waals surface area contributed by atoms with E-state index < -0.39 is 12.2 Å². The quantitative estimate of drug-likeness (QED) is 0.841. The molecule has 2 N–H and O–H groups in total. The number of halogens is 1. The zero-order chi connectivity index (χ0) is 12.1. The van der Waals surface area contributed by atoms with Gasteiger partial charge in [0, 0.05) is 10.6 Å². The van der Waals surface area contributed by atoms with Gasteiger partial charge in [-0.15, -0.1) is 0 Å². The Morgan fingerprint density at radius 2 is 2.19 bits per heavy atom. The lowest BCUT2D eigenvalue weighted by atomic mass is 10.0. The van der Waals surface area contributed by atoms with Crippen LogP contribution >= 0.6 is 11.6 Å². The standard InChI is InChI=1S/C11H12ClNO3/c1-16-10-6-7(12)2-3-8(10)11(15)9(14)4-5-13/h2-3,6,9,11,14-15H,4H2,1H3. The third-order valence-corrected chi connectivity index (χ3v) is 2.41. The Labute approximate surface area is 98.7 Å². The number of ether oxygens (including phenoxy) is 1. The average Bonchev–Trinajstić information content (AvgIpc) is 2.28. The van der Waals surface area contributed by atoms with E-state index in [0.717, 1.165) is 0 Å². The van der Waals surface area contributed by atoms with Crippen LogP contribution in [0.1, 0.15) is 18.1 Å². The Morgan fingerprint density at radius 1 is 1.50 bits per heavy atom. The third kappa shape index (κ3) is 2.86. The van der Waals surface area contributed by atoms with Gasteiger partial charge in [-0.1, -0.05) is 17.7 Å². The minimum atomic E-state index is -1.16. The maximum absolute atomic E-state index is 9.80. The van der Waals surface area contributed by atoms with E-state index in [-0.39, 0.29) is 6.42 Å². The van der Waals surface area contributed by atoms with Gasteiger partial charge in [0.25, 0.3) is 0 Å². The molecule has 0 saturated heterocycles. The van der Waals surface area contributed by atoms with Gasteiger partial charge in [0.15, 0.2) is 0 Å². The molecule has 0 amide bonds. The Bertz CT molecular complexity index is 403. The van der Waals surface area contributed by atoms with Crippen molar-refractivity contribution in [2.75, 3.05) is 7.11 Å². The van der Waals surface area contributed by atoms with E-state index in [2.05, 4.69) is 0 Å². The summed E-state index contributed by atoms with van der Waals surface area (Å²) >= 11 is 5.76. The van der Waals surface area contributed by atoms with Gasteiger partial charge in [0.1, 0.15) is 11.9 Å². The molecule has 0 aliphatic rings. The van der Waals surface area contributed by atoms with Crippen LogP contribution in [0.25, 0.3) is 0 Å². The Morgan fingerprint density at radius 3 is 2.75 bits per heavy atom. The number of aliphatic hydroxyl groups is 2. The molecular formula is C11H12ClNO3. The highest BCUT2D eigenvalue weighted by molar-refractivity contribution is 6.30. The summed E-state index contributed by atoms with van der Waals surface area (Å²) in [5.74, 6) is 0.386. The Hall–Kier alpha value is -1.28. The minimum absolute atomic E-state index is 0.146. The molecule has 4 nitrogen and oxygen atoms in total. The van der Waals surface area contributed by atoms with Crippen LogP contribution in [0.15, 0.2) is 18.2 Å². The number of aliphatic hydroxyl groups excluding tert-OH is 2. The fraction of sp³-hybridized carbons (Fsp3) is 0.364. The molecule has 1 rings (SSSR count). The molecule has 1 aromatic carbocycles. The van der Waals surface area contributed by atoms with Crippen LogP contribution in [0.4, 0.5) is 0 Å². The largest absolute Gasteiger partial charge is 0.496 e. The molecule has 2 atom stereocenters. The van der Waals surface area contributed by atoms with Crippen LogP contribution in [0.2, 0.25) is 5.02 Å². The van der Waals surface area contributed by atoms with Gasteiger partial charge in [-0.05, 0) is 12.1 Å². The molecular weight excluding hydrogens is 230 g/mol. The fourth-order valence-electron chi connectivity index (χ4n) is 1.34. The van der Waals surface area contributed by atoms with E-state index in [1.54, 1.807) is 24.3 Å². The monoisotopic (exact) mass is 241 g/mol. The van der Waals surface area contributed by atoms with Gasteiger partial charge in [-0.3, -0.25) is 0 Å². The molecule has 0 radical (unpaired) electrons. The summed E-state index contributed by atoms with van der Waals surface area (Å²) in [5.41, 5.74) is 0.412. The zero-order valence-electron chi connectivity index (χ0n) is 8.72. The van der Waals surface area contributed by atoms with E-state index in [0.29, 0.717) is 16.3 Å². The van der Waals surface area contributed by atoms with Gasteiger partial charge >= 0.3 is 0 Å². The second-order valence-corrected chi connectivity index (χ2v) is 3.70. The van der Waals surface area contributed by atoms with E-state index in [4.69, 9.17) is 21.6 Å². The van der Waals surface area contributed by atoms with Crippen molar-refractivity contribution in [3.05, 3.63) is 28.8 Å². The summed E-state index contributed by atoms with van der Waals surface area (Å²) in [7, 11) is 1.44. The summed E-state index contributed by atoms with van der Waals surface area (Å²) in [6.45, 7) is 0. The predicted molar refractivity (Wildman–Crippen MR) is 59.2 cm³/mol. The van der Waals surface area contributed by atoms with Crippen molar-refractivity contribution in [2.45, 2.75) is 18.6 Å². The highest BCUT2D eigenvalue weighted by atomic mass is 35.5. The van der Waals surface area contributed by atoms with E-state index in [1.165, 1.54) is 7.11 Å². The zero-order valence-corrected chi connectivity index (χ0v) is 9.48. The number of hydrogen-bond acceptors (Lipinski definition) is 4. The molecule has 0 aliphatic carbocycles.